The number of nitrogens with zero attached hydrogens (tertiary/aromatic N) is 1. The van der Waals surface area contributed by atoms with E-state index in [-0.39, 0.29) is 15.9 Å². The number of carbonyl (C=O) groups excluding carboxylic acids is 1. The van der Waals surface area contributed by atoms with Crippen molar-refractivity contribution in [1.82, 2.24) is 0 Å². The zero-order chi connectivity index (χ0) is 10.9. The Hall–Kier alpha value is -1.23. The van der Waals surface area contributed by atoms with Crippen LogP contribution in [0.2, 0.25) is 0 Å². The lowest BCUT2D eigenvalue weighted by Crippen LogP contribution is -2.01. The Morgan fingerprint density at radius 3 is 2.50 bits per heavy atom. The van der Waals surface area contributed by atoms with Crippen LogP contribution in [-0.2, 0) is 0 Å². The van der Waals surface area contributed by atoms with Crippen LogP contribution in [0, 0.1) is 17.0 Å². The van der Waals surface area contributed by atoms with Crippen molar-refractivity contribution in [2.45, 2.75) is 13.8 Å². The third-order valence-corrected chi connectivity index (χ3v) is 2.68. The lowest BCUT2D eigenvalue weighted by Gasteiger charge is -2.04. The third-order valence-electron chi connectivity index (χ3n) is 1.88. The van der Waals surface area contributed by atoms with Gasteiger partial charge in [-0.15, -0.1) is 0 Å². The van der Waals surface area contributed by atoms with Gasteiger partial charge >= 0.3 is 0 Å². The number of nitro benzene ring substituents is 1. The van der Waals surface area contributed by atoms with Gasteiger partial charge in [-0.1, -0.05) is 6.07 Å². The highest BCUT2D eigenvalue weighted by Crippen LogP contribution is 2.30. The number of aryl methyl sites for hydroxylation is 1. The number of halogens is 1. The van der Waals surface area contributed by atoms with Gasteiger partial charge in [0.15, 0.2) is 5.78 Å². The molecule has 0 atom stereocenters. The van der Waals surface area contributed by atoms with E-state index in [1.807, 2.05) is 0 Å². The first-order valence-corrected chi connectivity index (χ1v) is 4.69. The van der Waals surface area contributed by atoms with E-state index in [0.29, 0.717) is 5.56 Å². The average molecular weight is 258 g/mol. The van der Waals surface area contributed by atoms with E-state index in [9.17, 15) is 14.9 Å². The molecule has 0 bridgehead atoms. The van der Waals surface area contributed by atoms with E-state index in [0.717, 1.165) is 5.56 Å². The molecule has 0 saturated carbocycles. The van der Waals surface area contributed by atoms with Crippen molar-refractivity contribution in [3.63, 3.8) is 0 Å². The van der Waals surface area contributed by atoms with Crippen LogP contribution in [0.25, 0.3) is 0 Å². The summed E-state index contributed by atoms with van der Waals surface area (Å²) in [6.45, 7) is 3.13. The summed E-state index contributed by atoms with van der Waals surface area (Å²) in [5.41, 5.74) is 1.02. The van der Waals surface area contributed by atoms with Crippen LogP contribution in [0.3, 0.4) is 0 Å². The van der Waals surface area contributed by atoms with Crippen LogP contribution >= 0.6 is 15.9 Å². The summed E-state index contributed by atoms with van der Waals surface area (Å²) in [6, 6.07) is 2.95. The summed E-state index contributed by atoms with van der Waals surface area (Å²) >= 11 is 3.07. The Morgan fingerprint density at radius 2 is 2.07 bits per heavy atom. The first kappa shape index (κ1) is 10.8. The average Bonchev–Trinajstić information content (AvgIpc) is 2.02. The highest BCUT2D eigenvalue weighted by atomic mass is 79.9. The van der Waals surface area contributed by atoms with Gasteiger partial charge in [-0.05, 0) is 35.3 Å². The molecule has 0 radical (unpaired) electrons. The van der Waals surface area contributed by atoms with Crippen LogP contribution < -0.4 is 0 Å². The first-order valence-electron chi connectivity index (χ1n) is 3.89. The van der Waals surface area contributed by atoms with E-state index < -0.39 is 4.92 Å². The number of hydrogen-bond acceptors (Lipinski definition) is 3. The van der Waals surface area contributed by atoms with Crippen LogP contribution in [0.4, 0.5) is 5.69 Å². The summed E-state index contributed by atoms with van der Waals surface area (Å²) in [5, 5.41) is 10.6. The highest BCUT2D eigenvalue weighted by molar-refractivity contribution is 9.10. The fourth-order valence-electron chi connectivity index (χ4n) is 1.23. The molecule has 0 fully saturated rings. The summed E-state index contributed by atoms with van der Waals surface area (Å²) in [5.74, 6) is -0.182. The Bertz CT molecular complexity index is 415. The molecule has 4 nitrogen and oxygen atoms in total. The van der Waals surface area contributed by atoms with Crippen LogP contribution in [0.15, 0.2) is 16.6 Å². The van der Waals surface area contributed by atoms with Gasteiger partial charge in [0.05, 0.1) is 4.92 Å². The van der Waals surface area contributed by atoms with Crippen LogP contribution in [0.5, 0.6) is 0 Å². The molecule has 0 amide bonds. The van der Waals surface area contributed by atoms with Gasteiger partial charge in [0.1, 0.15) is 4.47 Å². The maximum Gasteiger partial charge on any atom is 0.284 e. The second-order valence-corrected chi connectivity index (χ2v) is 3.70. The van der Waals surface area contributed by atoms with Gasteiger partial charge in [0, 0.05) is 11.6 Å². The van der Waals surface area contributed by atoms with Crippen LogP contribution in [0.1, 0.15) is 22.8 Å². The normalized spacial score (nSPS) is 9.93. The van der Waals surface area contributed by atoms with E-state index in [1.165, 1.54) is 13.0 Å². The van der Waals surface area contributed by atoms with Gasteiger partial charge in [-0.3, -0.25) is 14.9 Å². The summed E-state index contributed by atoms with van der Waals surface area (Å²) in [7, 11) is 0. The van der Waals surface area contributed by atoms with Crippen molar-refractivity contribution in [3.05, 3.63) is 37.8 Å². The smallest absolute Gasteiger partial charge is 0.284 e. The van der Waals surface area contributed by atoms with Crippen molar-refractivity contribution in [2.75, 3.05) is 0 Å². The van der Waals surface area contributed by atoms with Gasteiger partial charge in [-0.25, -0.2) is 0 Å². The van der Waals surface area contributed by atoms with Gasteiger partial charge in [-0.2, -0.15) is 0 Å². The molecule has 0 aliphatic rings. The van der Waals surface area contributed by atoms with E-state index in [1.54, 1.807) is 13.0 Å². The molecule has 0 unspecified atom stereocenters. The van der Waals surface area contributed by atoms with Gasteiger partial charge in [0.25, 0.3) is 5.69 Å². The van der Waals surface area contributed by atoms with Crippen molar-refractivity contribution < 1.29 is 9.72 Å². The molecular formula is C9H8BrNO3. The molecule has 1 aromatic rings. The highest BCUT2D eigenvalue weighted by Gasteiger charge is 2.19. The number of carbonyl (C=O) groups is 1. The zero-order valence-corrected chi connectivity index (χ0v) is 9.29. The second kappa shape index (κ2) is 3.88. The molecule has 74 valence electrons. The molecule has 1 aromatic carbocycles. The van der Waals surface area contributed by atoms with Crippen molar-refractivity contribution in [3.8, 4) is 0 Å². The Kier molecular flexibility index (Phi) is 3.00. The number of nitro groups is 1. The lowest BCUT2D eigenvalue weighted by atomic mass is 10.1. The summed E-state index contributed by atoms with van der Waals surface area (Å²) < 4.78 is 0.259. The molecule has 0 heterocycles. The largest absolute Gasteiger partial charge is 0.294 e. The van der Waals surface area contributed by atoms with Gasteiger partial charge < -0.3 is 0 Å². The fourth-order valence-corrected chi connectivity index (χ4v) is 2.10. The zero-order valence-electron chi connectivity index (χ0n) is 7.70. The molecule has 0 saturated heterocycles. The molecule has 0 aliphatic carbocycles. The third kappa shape index (κ3) is 1.82. The number of ketones is 1. The monoisotopic (exact) mass is 257 g/mol. The lowest BCUT2D eigenvalue weighted by molar-refractivity contribution is -0.385. The SMILES string of the molecule is CC(=O)c1c(C)ccc([N+](=O)[O-])c1Br. The van der Waals surface area contributed by atoms with Crippen LogP contribution in [-0.4, -0.2) is 10.7 Å². The standard InChI is InChI=1S/C9H8BrNO3/c1-5-3-4-7(11(13)14)9(10)8(5)6(2)12/h3-4H,1-2H3. The van der Waals surface area contributed by atoms with E-state index in [4.69, 9.17) is 0 Å². The Labute approximate surface area is 89.2 Å². The number of benzene rings is 1. The van der Waals surface area contributed by atoms with Gasteiger partial charge in [0.2, 0.25) is 0 Å². The predicted molar refractivity (Wildman–Crippen MR) is 55.5 cm³/mol. The Balaban J connectivity index is 3.49. The number of hydrogen-bond donors (Lipinski definition) is 0. The minimum atomic E-state index is -0.518. The van der Waals surface area contributed by atoms with E-state index >= 15 is 0 Å². The molecular weight excluding hydrogens is 250 g/mol. The number of rotatable bonds is 2. The van der Waals surface area contributed by atoms with Crippen molar-refractivity contribution >= 4 is 27.4 Å². The minimum Gasteiger partial charge on any atom is -0.294 e. The number of Topliss-reactive ketones (excluding diaryl/α,β-unsaturated/α-hetero) is 1. The fraction of sp³-hybridized carbons (Fsp3) is 0.222. The first-order chi connectivity index (χ1) is 6.45. The van der Waals surface area contributed by atoms with E-state index in [2.05, 4.69) is 15.9 Å². The van der Waals surface area contributed by atoms with Crippen molar-refractivity contribution in [2.24, 2.45) is 0 Å². The second-order valence-electron chi connectivity index (χ2n) is 2.90. The molecule has 1 rings (SSSR count). The summed E-state index contributed by atoms with van der Waals surface area (Å²) in [6.07, 6.45) is 0. The molecule has 14 heavy (non-hydrogen) atoms. The quantitative estimate of drug-likeness (QED) is 0.465. The predicted octanol–water partition coefficient (Wildman–Crippen LogP) is 2.87. The maximum absolute atomic E-state index is 11.2. The van der Waals surface area contributed by atoms with Crippen molar-refractivity contribution in [1.29, 1.82) is 0 Å². The Morgan fingerprint density at radius 1 is 1.50 bits per heavy atom. The molecule has 5 heteroatoms. The molecule has 0 aliphatic heterocycles. The maximum atomic E-state index is 11.2. The summed E-state index contributed by atoms with van der Waals surface area (Å²) in [4.78, 5) is 21.3. The topological polar surface area (TPSA) is 60.2 Å². The molecule has 0 spiro atoms. The minimum absolute atomic E-state index is 0.0826. The molecule has 0 N–H and O–H groups in total. The molecule has 0 aromatic heterocycles.